The highest BCUT2D eigenvalue weighted by Crippen LogP contribution is 2.26. The van der Waals surface area contributed by atoms with E-state index >= 15 is 0 Å². The van der Waals surface area contributed by atoms with Gasteiger partial charge in [-0.3, -0.25) is 14.9 Å². The van der Waals surface area contributed by atoms with E-state index in [-0.39, 0.29) is 31.3 Å². The summed E-state index contributed by atoms with van der Waals surface area (Å²) in [4.78, 5) is 22.4. The first-order valence-electron chi connectivity index (χ1n) is 7.88. The van der Waals surface area contributed by atoms with Crippen LogP contribution in [-0.4, -0.2) is 35.6 Å². The summed E-state index contributed by atoms with van der Waals surface area (Å²) in [5.74, 6) is -0.264. The standard InChI is InChI=1S/C17H19ClN4O4/c18-13-3-1-12(2-4-13)10-21-17(24)11-20-16-9-14(22(25)26)5-6-15(16)19-7-8-23/h1-6,9,19-20,23H,7-8,10-11H2,(H,21,24). The first kappa shape index (κ1) is 19.5. The van der Waals surface area contributed by atoms with Crippen molar-refractivity contribution in [3.8, 4) is 0 Å². The fourth-order valence-electron chi connectivity index (χ4n) is 2.18. The van der Waals surface area contributed by atoms with Gasteiger partial charge in [-0.1, -0.05) is 23.7 Å². The Morgan fingerprint density at radius 3 is 2.50 bits per heavy atom. The fourth-order valence-corrected chi connectivity index (χ4v) is 2.30. The van der Waals surface area contributed by atoms with E-state index in [0.717, 1.165) is 5.56 Å². The van der Waals surface area contributed by atoms with E-state index in [1.807, 2.05) is 12.1 Å². The van der Waals surface area contributed by atoms with Gasteiger partial charge in [-0.2, -0.15) is 0 Å². The normalized spacial score (nSPS) is 10.2. The maximum absolute atomic E-state index is 12.0. The number of aliphatic hydroxyl groups excluding tert-OH is 1. The molecule has 0 unspecified atom stereocenters. The van der Waals surface area contributed by atoms with Crippen molar-refractivity contribution in [3.63, 3.8) is 0 Å². The number of benzene rings is 2. The van der Waals surface area contributed by atoms with Crippen LogP contribution in [0.3, 0.4) is 0 Å². The Bertz CT molecular complexity index is 768. The molecular weight excluding hydrogens is 360 g/mol. The van der Waals surface area contributed by atoms with Crippen LogP contribution in [0.15, 0.2) is 42.5 Å². The second kappa shape index (κ2) is 9.59. The molecule has 0 spiro atoms. The Labute approximate surface area is 155 Å². The molecule has 0 fully saturated rings. The third-order valence-corrected chi connectivity index (χ3v) is 3.74. The SMILES string of the molecule is O=C(CNc1cc([N+](=O)[O-])ccc1NCCO)NCc1ccc(Cl)cc1. The number of hydrogen-bond acceptors (Lipinski definition) is 6. The maximum Gasteiger partial charge on any atom is 0.271 e. The van der Waals surface area contributed by atoms with Crippen LogP contribution in [0.5, 0.6) is 0 Å². The third-order valence-electron chi connectivity index (χ3n) is 3.48. The number of nitrogens with zero attached hydrogens (tertiary/aromatic N) is 1. The van der Waals surface area contributed by atoms with Gasteiger partial charge in [-0.25, -0.2) is 0 Å². The molecule has 0 bridgehead atoms. The molecule has 0 aliphatic carbocycles. The van der Waals surface area contributed by atoms with Crippen molar-refractivity contribution in [1.29, 1.82) is 0 Å². The van der Waals surface area contributed by atoms with Crippen molar-refractivity contribution < 1.29 is 14.8 Å². The van der Waals surface area contributed by atoms with Crippen LogP contribution >= 0.6 is 11.6 Å². The molecule has 0 saturated heterocycles. The number of hydrogen-bond donors (Lipinski definition) is 4. The fraction of sp³-hybridized carbons (Fsp3) is 0.235. The first-order chi connectivity index (χ1) is 12.5. The lowest BCUT2D eigenvalue weighted by atomic mass is 10.2. The van der Waals surface area contributed by atoms with Crippen molar-refractivity contribution in [3.05, 3.63) is 63.2 Å². The maximum atomic E-state index is 12.0. The highest BCUT2D eigenvalue weighted by atomic mass is 35.5. The Hall–Kier alpha value is -2.84. The van der Waals surface area contributed by atoms with Crippen LogP contribution in [0.2, 0.25) is 5.02 Å². The van der Waals surface area contributed by atoms with E-state index in [1.165, 1.54) is 18.2 Å². The number of halogens is 1. The molecule has 26 heavy (non-hydrogen) atoms. The lowest BCUT2D eigenvalue weighted by Gasteiger charge is -2.13. The highest BCUT2D eigenvalue weighted by molar-refractivity contribution is 6.30. The molecule has 0 saturated carbocycles. The van der Waals surface area contributed by atoms with Crippen LogP contribution in [-0.2, 0) is 11.3 Å². The number of non-ortho nitro benzene ring substituents is 1. The molecule has 0 aromatic heterocycles. The van der Waals surface area contributed by atoms with Crippen molar-refractivity contribution in [1.82, 2.24) is 5.32 Å². The van der Waals surface area contributed by atoms with Crippen LogP contribution in [0.25, 0.3) is 0 Å². The first-order valence-corrected chi connectivity index (χ1v) is 8.25. The van der Waals surface area contributed by atoms with Gasteiger partial charge < -0.3 is 21.1 Å². The molecule has 0 radical (unpaired) electrons. The number of carbonyl (C=O) groups excluding carboxylic acids is 1. The van der Waals surface area contributed by atoms with Gasteiger partial charge >= 0.3 is 0 Å². The molecule has 1 amide bonds. The zero-order valence-corrected chi connectivity index (χ0v) is 14.6. The molecule has 0 heterocycles. The molecule has 2 rings (SSSR count). The minimum Gasteiger partial charge on any atom is -0.395 e. The van der Waals surface area contributed by atoms with Gasteiger partial charge in [0.2, 0.25) is 5.91 Å². The minimum absolute atomic E-state index is 0.0530. The second-order valence-electron chi connectivity index (χ2n) is 5.39. The molecule has 138 valence electrons. The number of carbonyl (C=O) groups is 1. The Morgan fingerprint density at radius 2 is 1.85 bits per heavy atom. The monoisotopic (exact) mass is 378 g/mol. The summed E-state index contributed by atoms with van der Waals surface area (Å²) >= 11 is 5.81. The van der Waals surface area contributed by atoms with Gasteiger partial charge in [-0.05, 0) is 23.8 Å². The average molecular weight is 379 g/mol. The Balaban J connectivity index is 1.95. The van der Waals surface area contributed by atoms with E-state index < -0.39 is 4.92 Å². The van der Waals surface area contributed by atoms with E-state index in [9.17, 15) is 14.9 Å². The number of nitrogens with one attached hydrogen (secondary N) is 3. The van der Waals surface area contributed by atoms with Gasteiger partial charge in [0, 0.05) is 30.2 Å². The van der Waals surface area contributed by atoms with E-state index in [0.29, 0.717) is 22.9 Å². The summed E-state index contributed by atoms with van der Waals surface area (Å²) in [5, 5.41) is 29.0. The van der Waals surface area contributed by atoms with Gasteiger partial charge in [0.05, 0.1) is 29.4 Å². The van der Waals surface area contributed by atoms with Gasteiger partial charge in [0.1, 0.15) is 0 Å². The van der Waals surface area contributed by atoms with E-state index in [4.69, 9.17) is 16.7 Å². The van der Waals surface area contributed by atoms with Gasteiger partial charge in [-0.15, -0.1) is 0 Å². The van der Waals surface area contributed by atoms with Gasteiger partial charge in [0.15, 0.2) is 0 Å². The third kappa shape index (κ3) is 5.91. The number of aliphatic hydroxyl groups is 1. The van der Waals surface area contributed by atoms with Crippen LogP contribution < -0.4 is 16.0 Å². The highest BCUT2D eigenvalue weighted by Gasteiger charge is 2.11. The van der Waals surface area contributed by atoms with Crippen molar-refractivity contribution >= 4 is 34.6 Å². The predicted molar refractivity (Wildman–Crippen MR) is 100 cm³/mol. The molecule has 2 aromatic carbocycles. The lowest BCUT2D eigenvalue weighted by molar-refractivity contribution is -0.384. The second-order valence-corrected chi connectivity index (χ2v) is 5.83. The van der Waals surface area contributed by atoms with Crippen LogP contribution in [0, 0.1) is 10.1 Å². The molecule has 0 aliphatic heterocycles. The molecule has 8 nitrogen and oxygen atoms in total. The summed E-state index contributed by atoms with van der Waals surface area (Å²) in [6, 6.07) is 11.3. The Morgan fingerprint density at radius 1 is 1.12 bits per heavy atom. The Kier molecular flexibility index (Phi) is 7.19. The summed E-state index contributed by atoms with van der Waals surface area (Å²) in [6.07, 6.45) is 0. The quantitative estimate of drug-likeness (QED) is 0.393. The molecular formula is C17H19ClN4O4. The van der Waals surface area contributed by atoms with Crippen molar-refractivity contribution in [2.24, 2.45) is 0 Å². The largest absolute Gasteiger partial charge is 0.395 e. The zero-order chi connectivity index (χ0) is 18.9. The van der Waals surface area contributed by atoms with Gasteiger partial charge in [0.25, 0.3) is 5.69 Å². The van der Waals surface area contributed by atoms with Crippen molar-refractivity contribution in [2.45, 2.75) is 6.54 Å². The van der Waals surface area contributed by atoms with E-state index in [2.05, 4.69) is 16.0 Å². The zero-order valence-electron chi connectivity index (χ0n) is 13.9. The summed E-state index contributed by atoms with van der Waals surface area (Å²) in [6.45, 7) is 0.498. The molecule has 2 aromatic rings. The molecule has 0 atom stereocenters. The van der Waals surface area contributed by atoms with Crippen LogP contribution in [0.4, 0.5) is 17.1 Å². The van der Waals surface area contributed by atoms with E-state index in [1.54, 1.807) is 12.1 Å². The minimum atomic E-state index is -0.512. The molecule has 9 heteroatoms. The number of nitro groups is 1. The number of amides is 1. The smallest absolute Gasteiger partial charge is 0.271 e. The molecule has 4 N–H and O–H groups in total. The summed E-state index contributed by atoms with van der Waals surface area (Å²) < 4.78 is 0. The number of anilines is 2. The average Bonchev–Trinajstić information content (AvgIpc) is 2.64. The summed E-state index contributed by atoms with van der Waals surface area (Å²) in [7, 11) is 0. The molecule has 0 aliphatic rings. The summed E-state index contributed by atoms with van der Waals surface area (Å²) in [5.41, 5.74) is 1.79. The number of nitro benzene ring substituents is 1. The number of rotatable bonds is 9. The topological polar surface area (TPSA) is 117 Å². The lowest BCUT2D eigenvalue weighted by Crippen LogP contribution is -2.29. The van der Waals surface area contributed by atoms with Crippen LogP contribution in [0.1, 0.15) is 5.56 Å². The van der Waals surface area contributed by atoms with Crippen molar-refractivity contribution in [2.75, 3.05) is 30.3 Å². The predicted octanol–water partition coefficient (Wildman–Crippen LogP) is 2.38.